The highest BCUT2D eigenvalue weighted by Gasteiger charge is 2.24. The van der Waals surface area contributed by atoms with Crippen molar-refractivity contribution in [2.75, 3.05) is 6.61 Å². The molecule has 0 saturated carbocycles. The van der Waals surface area contributed by atoms with Crippen molar-refractivity contribution < 1.29 is 14.3 Å². The number of hydrogen-bond donors (Lipinski definition) is 2. The summed E-state index contributed by atoms with van der Waals surface area (Å²) < 4.78 is 6.49. The van der Waals surface area contributed by atoms with Crippen molar-refractivity contribution in [3.63, 3.8) is 0 Å². The van der Waals surface area contributed by atoms with Crippen LogP contribution >= 0.6 is 0 Å². The summed E-state index contributed by atoms with van der Waals surface area (Å²) in [5, 5.41) is 2.64. The molecule has 0 spiro atoms. The van der Waals surface area contributed by atoms with Gasteiger partial charge in [-0.1, -0.05) is 0 Å². The fraction of sp³-hybridized carbons (Fsp3) is 0.545. The molecule has 1 aromatic heterocycles. The quantitative estimate of drug-likeness (QED) is 0.515. The largest absolute Gasteiger partial charge is 0.464 e. The van der Waals surface area contributed by atoms with Crippen LogP contribution in [0, 0.1) is 0 Å². The Morgan fingerprint density at radius 2 is 2.28 bits per heavy atom. The van der Waals surface area contributed by atoms with Gasteiger partial charge in [0.05, 0.1) is 12.9 Å². The van der Waals surface area contributed by atoms with E-state index in [-0.39, 0.29) is 12.6 Å². The number of nitrogens with one attached hydrogen (secondary N) is 1. The Morgan fingerprint density at radius 1 is 1.56 bits per heavy atom. The summed E-state index contributed by atoms with van der Waals surface area (Å²) in [6.45, 7) is 4.23. The third-order valence-corrected chi connectivity index (χ3v) is 2.26. The lowest BCUT2D eigenvalue weighted by atomic mass is 10.2. The van der Waals surface area contributed by atoms with E-state index in [1.165, 1.54) is 0 Å². The second kappa shape index (κ2) is 6.75. The van der Waals surface area contributed by atoms with E-state index in [2.05, 4.69) is 15.0 Å². The molecule has 0 bridgehead atoms. The Labute approximate surface area is 105 Å². The molecule has 1 heterocycles. The van der Waals surface area contributed by atoms with Crippen LogP contribution in [0.15, 0.2) is 18.7 Å². The predicted molar refractivity (Wildman–Crippen MR) is 64.4 cm³/mol. The summed E-state index contributed by atoms with van der Waals surface area (Å²) in [5.41, 5.74) is 5.46. The van der Waals surface area contributed by atoms with Crippen LogP contribution in [-0.4, -0.2) is 40.1 Å². The third-order valence-electron chi connectivity index (χ3n) is 2.26. The van der Waals surface area contributed by atoms with Gasteiger partial charge in [-0.05, 0) is 13.8 Å². The molecule has 18 heavy (non-hydrogen) atoms. The van der Waals surface area contributed by atoms with Gasteiger partial charge in [-0.25, -0.2) is 9.78 Å². The summed E-state index contributed by atoms with van der Waals surface area (Å²) in [6.07, 6.45) is 5.08. The van der Waals surface area contributed by atoms with Crippen LogP contribution in [0.2, 0.25) is 0 Å². The van der Waals surface area contributed by atoms with Crippen molar-refractivity contribution in [1.82, 2.24) is 14.9 Å². The molecule has 0 aliphatic carbocycles. The smallest absolute Gasteiger partial charge is 0.332 e. The molecule has 2 atom stereocenters. The second-order valence-corrected chi connectivity index (χ2v) is 3.90. The van der Waals surface area contributed by atoms with Gasteiger partial charge in [-0.3, -0.25) is 4.79 Å². The first-order valence-electron chi connectivity index (χ1n) is 5.73. The Kier molecular flexibility index (Phi) is 5.31. The molecule has 7 nitrogen and oxygen atoms in total. The monoisotopic (exact) mass is 254 g/mol. The zero-order valence-electron chi connectivity index (χ0n) is 10.5. The van der Waals surface area contributed by atoms with Crippen molar-refractivity contribution in [3.8, 4) is 0 Å². The number of hydrogen-bond acceptors (Lipinski definition) is 5. The molecule has 0 aliphatic rings. The fourth-order valence-electron chi connectivity index (χ4n) is 1.43. The number of rotatable bonds is 6. The van der Waals surface area contributed by atoms with Crippen molar-refractivity contribution in [3.05, 3.63) is 18.7 Å². The van der Waals surface area contributed by atoms with Crippen molar-refractivity contribution in [1.29, 1.82) is 0 Å². The third kappa shape index (κ3) is 4.17. The van der Waals surface area contributed by atoms with Gasteiger partial charge in [0.25, 0.3) is 0 Å². The van der Waals surface area contributed by atoms with Crippen LogP contribution in [0.3, 0.4) is 0 Å². The highest BCUT2D eigenvalue weighted by molar-refractivity contribution is 6.01. The minimum absolute atomic E-state index is 0.160. The van der Waals surface area contributed by atoms with Crippen molar-refractivity contribution >= 4 is 11.9 Å². The van der Waals surface area contributed by atoms with Crippen molar-refractivity contribution in [2.45, 2.75) is 32.5 Å². The van der Waals surface area contributed by atoms with Gasteiger partial charge in [0, 0.05) is 25.0 Å². The van der Waals surface area contributed by atoms with E-state index in [0.717, 1.165) is 0 Å². The number of esters is 1. The molecular weight excluding hydrogens is 236 g/mol. The molecule has 1 rings (SSSR count). The Hall–Kier alpha value is -1.89. The first-order chi connectivity index (χ1) is 8.54. The van der Waals surface area contributed by atoms with Crippen LogP contribution < -0.4 is 11.1 Å². The highest BCUT2D eigenvalue weighted by atomic mass is 16.5. The van der Waals surface area contributed by atoms with Crippen LogP contribution in [-0.2, 0) is 20.9 Å². The van der Waals surface area contributed by atoms with Gasteiger partial charge >= 0.3 is 5.97 Å². The van der Waals surface area contributed by atoms with Crippen LogP contribution in [0.25, 0.3) is 0 Å². The number of nitrogens with zero attached hydrogens (tertiary/aromatic N) is 2. The summed E-state index contributed by atoms with van der Waals surface area (Å²) in [5.74, 6) is -1.26. The first kappa shape index (κ1) is 14.2. The molecule has 3 N–H and O–H groups in total. The molecule has 0 saturated heterocycles. The van der Waals surface area contributed by atoms with E-state index in [1.54, 1.807) is 25.6 Å². The van der Waals surface area contributed by atoms with E-state index >= 15 is 0 Å². The van der Waals surface area contributed by atoms with Gasteiger partial charge in [0.15, 0.2) is 6.04 Å². The zero-order chi connectivity index (χ0) is 13.5. The molecule has 0 aliphatic heterocycles. The number of ether oxygens (including phenoxy) is 1. The molecule has 0 fully saturated rings. The van der Waals surface area contributed by atoms with Crippen LogP contribution in [0.4, 0.5) is 0 Å². The summed E-state index contributed by atoms with van der Waals surface area (Å²) in [7, 11) is 0. The number of amides is 1. The Balaban J connectivity index is 2.41. The molecular formula is C11H18N4O3. The van der Waals surface area contributed by atoms with E-state index in [9.17, 15) is 9.59 Å². The molecule has 100 valence electrons. The van der Waals surface area contributed by atoms with E-state index < -0.39 is 17.9 Å². The number of imidazole rings is 1. The van der Waals surface area contributed by atoms with Crippen LogP contribution in [0.1, 0.15) is 13.8 Å². The maximum atomic E-state index is 11.6. The summed E-state index contributed by atoms with van der Waals surface area (Å²) in [4.78, 5) is 26.8. The molecule has 1 amide bonds. The van der Waals surface area contributed by atoms with Gasteiger partial charge < -0.3 is 20.4 Å². The maximum absolute atomic E-state index is 11.6. The normalized spacial score (nSPS) is 13.7. The lowest BCUT2D eigenvalue weighted by molar-refractivity contribution is -0.148. The summed E-state index contributed by atoms with van der Waals surface area (Å²) in [6, 6.07) is -1.44. The topological polar surface area (TPSA) is 99.2 Å². The fourth-order valence-corrected chi connectivity index (χ4v) is 1.43. The number of carbonyl (C=O) groups excluding carboxylic acids is 2. The number of aromatic nitrogens is 2. The van der Waals surface area contributed by atoms with Gasteiger partial charge in [-0.15, -0.1) is 0 Å². The molecule has 1 aromatic rings. The second-order valence-electron chi connectivity index (χ2n) is 3.90. The van der Waals surface area contributed by atoms with Gasteiger partial charge in [0.2, 0.25) is 5.91 Å². The standard InChI is InChI=1S/C11H18N4O3/c1-3-18-11(17)9(12)10(16)14-8(2)6-15-5-4-13-7-15/h4-5,7-9H,3,6,12H2,1-2H3,(H,14,16). The molecule has 0 aromatic carbocycles. The lowest BCUT2D eigenvalue weighted by Gasteiger charge is -2.17. The van der Waals surface area contributed by atoms with Crippen LogP contribution in [0.5, 0.6) is 0 Å². The minimum atomic E-state index is -1.28. The van der Waals surface area contributed by atoms with E-state index in [1.807, 2.05) is 11.5 Å². The van der Waals surface area contributed by atoms with E-state index in [4.69, 9.17) is 5.73 Å². The molecule has 0 radical (unpaired) electrons. The Bertz CT molecular complexity index is 391. The van der Waals surface area contributed by atoms with Gasteiger partial charge in [-0.2, -0.15) is 0 Å². The first-order valence-corrected chi connectivity index (χ1v) is 5.73. The number of carbonyl (C=O) groups is 2. The Morgan fingerprint density at radius 3 is 2.83 bits per heavy atom. The molecule has 2 unspecified atom stereocenters. The average Bonchev–Trinajstić information content (AvgIpc) is 2.80. The predicted octanol–water partition coefficient (Wildman–Crippen LogP) is -0.722. The number of nitrogens with two attached hydrogens (primary N) is 1. The lowest BCUT2D eigenvalue weighted by Crippen LogP contribution is -2.50. The van der Waals surface area contributed by atoms with Gasteiger partial charge in [0.1, 0.15) is 0 Å². The maximum Gasteiger partial charge on any atom is 0.332 e. The summed E-state index contributed by atoms with van der Waals surface area (Å²) >= 11 is 0. The zero-order valence-corrected chi connectivity index (χ0v) is 10.5. The highest BCUT2D eigenvalue weighted by Crippen LogP contribution is 1.93. The van der Waals surface area contributed by atoms with Crippen molar-refractivity contribution in [2.24, 2.45) is 5.73 Å². The average molecular weight is 254 g/mol. The van der Waals surface area contributed by atoms with E-state index in [0.29, 0.717) is 6.54 Å². The molecule has 7 heteroatoms. The SMILES string of the molecule is CCOC(=O)C(N)C(=O)NC(C)Cn1ccnc1. The minimum Gasteiger partial charge on any atom is -0.464 e.